The van der Waals surface area contributed by atoms with Gasteiger partial charge in [-0.3, -0.25) is 9.48 Å². The van der Waals surface area contributed by atoms with E-state index in [-0.39, 0.29) is 11.9 Å². The van der Waals surface area contributed by atoms with Crippen LogP contribution >= 0.6 is 0 Å². The summed E-state index contributed by atoms with van der Waals surface area (Å²) in [7, 11) is 0. The molecule has 0 fully saturated rings. The Kier molecular flexibility index (Phi) is 4.51. The van der Waals surface area contributed by atoms with Crippen LogP contribution in [0.2, 0.25) is 0 Å². The third-order valence-electron chi connectivity index (χ3n) is 4.15. The minimum absolute atomic E-state index is 0.184. The molecule has 1 N–H and O–H groups in total. The lowest BCUT2D eigenvalue weighted by Gasteiger charge is -2.21. The second kappa shape index (κ2) is 7.26. The molecule has 0 unspecified atom stereocenters. The van der Waals surface area contributed by atoms with Gasteiger partial charge in [0.15, 0.2) is 11.5 Å². The predicted octanol–water partition coefficient (Wildman–Crippen LogP) is 2.22. The molecule has 1 aliphatic heterocycles. The number of hydrogen-bond donors (Lipinski definition) is 1. The Morgan fingerprint density at radius 1 is 1.12 bits per heavy atom. The third kappa shape index (κ3) is 3.51. The quantitative estimate of drug-likeness (QED) is 0.763. The summed E-state index contributed by atoms with van der Waals surface area (Å²) in [5.74, 6) is 1.07. The van der Waals surface area contributed by atoms with Crippen LogP contribution < -0.4 is 14.8 Å². The van der Waals surface area contributed by atoms with Crippen LogP contribution in [0.25, 0.3) is 0 Å². The van der Waals surface area contributed by atoms with Crippen LogP contribution in [0, 0.1) is 0 Å². The molecule has 132 valence electrons. The number of carbonyl (C=O) groups is 1. The molecule has 7 heteroatoms. The molecular formula is C19H18N4O3. The molecule has 2 aromatic carbocycles. The second-order valence-corrected chi connectivity index (χ2v) is 5.91. The van der Waals surface area contributed by atoms with Gasteiger partial charge in [-0.25, -0.2) is 4.98 Å². The van der Waals surface area contributed by atoms with Crippen LogP contribution in [0.3, 0.4) is 0 Å². The molecule has 26 heavy (non-hydrogen) atoms. The summed E-state index contributed by atoms with van der Waals surface area (Å²) in [5.41, 5.74) is 1.52. The lowest BCUT2D eigenvalue weighted by molar-refractivity contribution is 0.0930. The predicted molar refractivity (Wildman–Crippen MR) is 94.1 cm³/mol. The van der Waals surface area contributed by atoms with E-state index < -0.39 is 0 Å². The molecule has 0 radical (unpaired) electrons. The zero-order valence-corrected chi connectivity index (χ0v) is 14.0. The Morgan fingerprint density at radius 3 is 2.69 bits per heavy atom. The van der Waals surface area contributed by atoms with Crippen LogP contribution in [0.1, 0.15) is 22.0 Å². The largest absolute Gasteiger partial charge is 0.486 e. The summed E-state index contributed by atoms with van der Waals surface area (Å²) < 4.78 is 12.8. The average molecular weight is 350 g/mol. The molecule has 0 spiro atoms. The first-order valence-corrected chi connectivity index (χ1v) is 8.37. The van der Waals surface area contributed by atoms with Crippen LogP contribution in [0.4, 0.5) is 0 Å². The van der Waals surface area contributed by atoms with Crippen molar-refractivity contribution in [2.75, 3.05) is 13.2 Å². The summed E-state index contributed by atoms with van der Waals surface area (Å²) in [5, 5.41) is 7.21. The summed E-state index contributed by atoms with van der Waals surface area (Å²) in [4.78, 5) is 16.8. The van der Waals surface area contributed by atoms with Gasteiger partial charge in [-0.1, -0.05) is 30.3 Å². The smallest absolute Gasteiger partial charge is 0.251 e. The van der Waals surface area contributed by atoms with Crippen molar-refractivity contribution in [3.8, 4) is 11.5 Å². The number of nitrogens with one attached hydrogen (secondary N) is 1. The highest BCUT2D eigenvalue weighted by Gasteiger charge is 2.19. The van der Waals surface area contributed by atoms with E-state index in [1.807, 2.05) is 30.3 Å². The molecule has 0 bridgehead atoms. The van der Waals surface area contributed by atoms with Gasteiger partial charge < -0.3 is 14.8 Å². The average Bonchev–Trinajstić information content (AvgIpc) is 3.21. The van der Waals surface area contributed by atoms with Gasteiger partial charge in [0.05, 0.1) is 12.6 Å². The fourth-order valence-electron chi connectivity index (χ4n) is 2.86. The highest BCUT2D eigenvalue weighted by Crippen LogP contribution is 2.31. The maximum Gasteiger partial charge on any atom is 0.251 e. The first kappa shape index (κ1) is 16.1. The standard InChI is InChI=1S/C19H18N4O3/c24-19(15-6-7-17-18(10-15)26-9-8-25-17)22-16(11-23-13-20-12-21-23)14-4-2-1-3-5-14/h1-7,10,12-13,16H,8-9,11H2,(H,22,24)/t16-/m0/s1. The molecule has 1 atom stereocenters. The number of rotatable bonds is 5. The molecule has 0 saturated heterocycles. The Morgan fingerprint density at radius 2 is 1.92 bits per heavy atom. The molecule has 2 heterocycles. The maximum atomic E-state index is 12.8. The van der Waals surface area contributed by atoms with Gasteiger partial charge in [0.2, 0.25) is 0 Å². The van der Waals surface area contributed by atoms with Crippen molar-refractivity contribution in [3.05, 3.63) is 72.3 Å². The number of aromatic nitrogens is 3. The van der Waals surface area contributed by atoms with Crippen molar-refractivity contribution in [2.24, 2.45) is 0 Å². The molecule has 1 amide bonds. The van der Waals surface area contributed by atoms with Gasteiger partial charge in [0.1, 0.15) is 25.9 Å². The minimum Gasteiger partial charge on any atom is -0.486 e. The van der Waals surface area contributed by atoms with E-state index in [2.05, 4.69) is 15.4 Å². The number of benzene rings is 2. The van der Waals surface area contributed by atoms with Gasteiger partial charge in [-0.2, -0.15) is 5.10 Å². The van der Waals surface area contributed by atoms with Crippen molar-refractivity contribution in [3.63, 3.8) is 0 Å². The van der Waals surface area contributed by atoms with Crippen molar-refractivity contribution >= 4 is 5.91 Å². The van der Waals surface area contributed by atoms with Crippen molar-refractivity contribution < 1.29 is 14.3 Å². The van der Waals surface area contributed by atoms with E-state index in [1.54, 1.807) is 29.2 Å². The van der Waals surface area contributed by atoms with Crippen LogP contribution in [0.15, 0.2) is 61.2 Å². The number of nitrogens with zero attached hydrogens (tertiary/aromatic N) is 3. The topological polar surface area (TPSA) is 78.3 Å². The number of fused-ring (bicyclic) bond motifs is 1. The number of ether oxygens (including phenoxy) is 2. The van der Waals surface area contributed by atoms with Crippen LogP contribution in [-0.4, -0.2) is 33.9 Å². The summed E-state index contributed by atoms with van der Waals surface area (Å²) in [6.07, 6.45) is 3.11. The zero-order valence-electron chi connectivity index (χ0n) is 14.0. The fraction of sp³-hybridized carbons (Fsp3) is 0.211. The van der Waals surface area contributed by atoms with Gasteiger partial charge >= 0.3 is 0 Å². The summed E-state index contributed by atoms with van der Waals surface area (Å²) >= 11 is 0. The van der Waals surface area contributed by atoms with Crippen molar-refractivity contribution in [2.45, 2.75) is 12.6 Å². The number of amides is 1. The molecule has 1 aliphatic rings. The monoisotopic (exact) mass is 350 g/mol. The maximum absolute atomic E-state index is 12.8. The fourth-order valence-corrected chi connectivity index (χ4v) is 2.86. The van der Waals surface area contributed by atoms with E-state index in [0.29, 0.717) is 36.8 Å². The molecule has 0 aliphatic carbocycles. The molecule has 1 aromatic heterocycles. The van der Waals surface area contributed by atoms with E-state index in [0.717, 1.165) is 5.56 Å². The highest BCUT2D eigenvalue weighted by atomic mass is 16.6. The van der Waals surface area contributed by atoms with Gasteiger partial charge in [0, 0.05) is 5.56 Å². The van der Waals surface area contributed by atoms with Crippen molar-refractivity contribution in [1.82, 2.24) is 20.1 Å². The Labute approximate surface area is 150 Å². The minimum atomic E-state index is -0.237. The van der Waals surface area contributed by atoms with E-state index in [1.165, 1.54) is 6.33 Å². The lowest BCUT2D eigenvalue weighted by atomic mass is 10.1. The van der Waals surface area contributed by atoms with E-state index in [4.69, 9.17) is 9.47 Å². The van der Waals surface area contributed by atoms with Gasteiger partial charge in [-0.15, -0.1) is 0 Å². The third-order valence-corrected chi connectivity index (χ3v) is 4.15. The van der Waals surface area contributed by atoms with E-state index >= 15 is 0 Å². The Hall–Kier alpha value is -3.35. The molecular weight excluding hydrogens is 332 g/mol. The first-order valence-electron chi connectivity index (χ1n) is 8.37. The molecule has 7 nitrogen and oxygen atoms in total. The normalized spacial score (nSPS) is 13.8. The molecule has 0 saturated carbocycles. The lowest BCUT2D eigenvalue weighted by Crippen LogP contribution is -2.31. The summed E-state index contributed by atoms with van der Waals surface area (Å²) in [6.45, 7) is 1.49. The first-order chi connectivity index (χ1) is 12.8. The van der Waals surface area contributed by atoms with Gasteiger partial charge in [0.25, 0.3) is 5.91 Å². The zero-order chi connectivity index (χ0) is 17.8. The second-order valence-electron chi connectivity index (χ2n) is 5.91. The summed E-state index contributed by atoms with van der Waals surface area (Å²) in [6, 6.07) is 14.8. The molecule has 3 aromatic rings. The Bertz CT molecular complexity index is 881. The van der Waals surface area contributed by atoms with Gasteiger partial charge in [-0.05, 0) is 23.8 Å². The highest BCUT2D eigenvalue weighted by molar-refractivity contribution is 5.95. The SMILES string of the molecule is O=C(N[C@@H](Cn1cncn1)c1ccccc1)c1ccc2c(c1)OCCO2. The van der Waals surface area contributed by atoms with Crippen molar-refractivity contribution in [1.29, 1.82) is 0 Å². The van der Waals surface area contributed by atoms with Crippen LogP contribution in [0.5, 0.6) is 11.5 Å². The number of hydrogen-bond acceptors (Lipinski definition) is 5. The van der Waals surface area contributed by atoms with E-state index in [9.17, 15) is 4.79 Å². The van der Waals surface area contributed by atoms with Crippen LogP contribution in [-0.2, 0) is 6.54 Å². The molecule has 4 rings (SSSR count). The Balaban J connectivity index is 1.56. The number of carbonyl (C=O) groups excluding carboxylic acids is 1.